The molecule has 1 atom stereocenters. The fraction of sp³-hybridized carbons (Fsp3) is 0.138. The number of aryl methyl sites for hydroxylation is 1. The van der Waals surface area contributed by atoms with E-state index in [9.17, 15) is 19.5 Å². The van der Waals surface area contributed by atoms with Crippen molar-refractivity contribution in [2.75, 3.05) is 19.1 Å². The first-order valence-electron chi connectivity index (χ1n) is 12.2. The molecule has 11 heteroatoms. The van der Waals surface area contributed by atoms with Gasteiger partial charge in [0.2, 0.25) is 0 Å². The van der Waals surface area contributed by atoms with Crippen LogP contribution >= 0.6 is 11.3 Å². The lowest BCUT2D eigenvalue weighted by molar-refractivity contribution is -0.132. The summed E-state index contributed by atoms with van der Waals surface area (Å²) in [5, 5.41) is 12.0. The van der Waals surface area contributed by atoms with Gasteiger partial charge in [-0.2, -0.15) is 0 Å². The Balaban J connectivity index is 1.58. The first-order chi connectivity index (χ1) is 19.3. The molecule has 1 aliphatic heterocycles. The molecular formula is C29H22N4O6S. The Bertz CT molecular complexity index is 1870. The number of carbonyl (C=O) groups is 3. The first-order valence-corrected chi connectivity index (χ1v) is 13.0. The molecule has 1 N–H and O–H groups in total. The quantitative estimate of drug-likeness (QED) is 0.144. The molecule has 0 spiro atoms. The van der Waals surface area contributed by atoms with Crippen LogP contribution in [0.4, 0.5) is 5.13 Å². The van der Waals surface area contributed by atoms with Crippen LogP contribution in [0.5, 0.6) is 5.75 Å². The lowest BCUT2D eigenvalue weighted by Crippen LogP contribution is -2.29. The zero-order valence-corrected chi connectivity index (χ0v) is 22.4. The molecule has 200 valence electrons. The molecular weight excluding hydrogens is 532 g/mol. The summed E-state index contributed by atoms with van der Waals surface area (Å²) in [4.78, 5) is 49.7. The van der Waals surface area contributed by atoms with Gasteiger partial charge in [-0.15, -0.1) is 0 Å². The number of ketones is 1. The monoisotopic (exact) mass is 554 g/mol. The molecule has 2 aromatic carbocycles. The van der Waals surface area contributed by atoms with E-state index in [1.807, 2.05) is 6.07 Å². The normalized spacial score (nSPS) is 16.7. The van der Waals surface area contributed by atoms with E-state index < -0.39 is 23.7 Å². The van der Waals surface area contributed by atoms with Gasteiger partial charge in [-0.25, -0.2) is 14.8 Å². The number of aromatic nitrogens is 3. The summed E-state index contributed by atoms with van der Waals surface area (Å²) in [7, 11) is 2.84. The van der Waals surface area contributed by atoms with Crippen molar-refractivity contribution in [2.24, 2.45) is 0 Å². The maximum Gasteiger partial charge on any atom is 0.337 e. The summed E-state index contributed by atoms with van der Waals surface area (Å²) < 4.78 is 12.5. The average Bonchev–Trinajstić information content (AvgIpc) is 3.62. The predicted molar refractivity (Wildman–Crippen MR) is 149 cm³/mol. The number of aliphatic hydroxyl groups is 1. The molecule has 10 nitrogen and oxygen atoms in total. The van der Waals surface area contributed by atoms with E-state index in [2.05, 4.69) is 9.97 Å². The lowest BCUT2D eigenvalue weighted by atomic mass is 9.95. The fourth-order valence-corrected chi connectivity index (χ4v) is 5.93. The molecule has 1 unspecified atom stereocenters. The highest BCUT2D eigenvalue weighted by molar-refractivity contribution is 7.22. The summed E-state index contributed by atoms with van der Waals surface area (Å²) in [5.41, 5.74) is 2.68. The minimum absolute atomic E-state index is 0.110. The topological polar surface area (TPSA) is 123 Å². The van der Waals surface area contributed by atoms with E-state index in [4.69, 9.17) is 9.47 Å². The number of hydrogen-bond acceptors (Lipinski definition) is 9. The number of esters is 1. The Hall–Kier alpha value is -5.03. The number of thiazole rings is 1. The highest BCUT2D eigenvalue weighted by atomic mass is 32.1. The summed E-state index contributed by atoms with van der Waals surface area (Å²) in [6, 6.07) is 16.0. The van der Waals surface area contributed by atoms with Crippen molar-refractivity contribution in [3.63, 3.8) is 0 Å². The fourth-order valence-electron chi connectivity index (χ4n) is 4.91. The van der Waals surface area contributed by atoms with E-state index >= 15 is 0 Å². The van der Waals surface area contributed by atoms with Crippen LogP contribution in [0.3, 0.4) is 0 Å². The van der Waals surface area contributed by atoms with Gasteiger partial charge in [0.05, 0.1) is 47.3 Å². The van der Waals surface area contributed by atoms with Gasteiger partial charge in [0.15, 0.2) is 10.9 Å². The standard InChI is InChI=1S/C29H22N4O6S/c1-15-23(32-13-5-4-6-21(32)30-15)25(34)22-24(16-7-9-17(10-8-16)28(37)39-3)33(27(36)26(22)35)29-31-19-12-11-18(38-2)14-20(19)40-29/h4-14,24,34H,1-3H3. The highest BCUT2D eigenvalue weighted by Gasteiger charge is 2.48. The van der Waals surface area contributed by atoms with Crippen molar-refractivity contribution in [3.05, 3.63) is 94.9 Å². The van der Waals surface area contributed by atoms with Gasteiger partial charge in [0, 0.05) is 6.20 Å². The maximum absolute atomic E-state index is 13.6. The molecule has 0 aliphatic carbocycles. The van der Waals surface area contributed by atoms with Crippen molar-refractivity contribution in [2.45, 2.75) is 13.0 Å². The van der Waals surface area contributed by atoms with Crippen LogP contribution in [-0.2, 0) is 14.3 Å². The minimum Gasteiger partial charge on any atom is -0.505 e. The van der Waals surface area contributed by atoms with Crippen molar-refractivity contribution in [3.8, 4) is 5.75 Å². The number of rotatable bonds is 5. The van der Waals surface area contributed by atoms with Crippen LogP contribution in [0.25, 0.3) is 21.6 Å². The summed E-state index contributed by atoms with van der Waals surface area (Å²) in [6.07, 6.45) is 1.72. The minimum atomic E-state index is -1.03. The van der Waals surface area contributed by atoms with Crippen LogP contribution in [0, 0.1) is 6.92 Å². The smallest absolute Gasteiger partial charge is 0.337 e. The third-order valence-corrected chi connectivity index (χ3v) is 7.83. The number of hydrogen-bond donors (Lipinski definition) is 1. The third kappa shape index (κ3) is 3.90. The maximum atomic E-state index is 13.6. The molecule has 1 amide bonds. The Kier molecular flexibility index (Phi) is 6.07. The second-order valence-corrected chi connectivity index (χ2v) is 10.1. The predicted octanol–water partition coefficient (Wildman–Crippen LogP) is 4.67. The van der Waals surface area contributed by atoms with E-state index in [1.165, 1.54) is 23.3 Å². The van der Waals surface area contributed by atoms with Crippen LogP contribution < -0.4 is 9.64 Å². The molecule has 1 saturated heterocycles. The molecule has 4 heterocycles. The number of Topliss-reactive ketones (excluding diaryl/α,β-unsaturated/α-hetero) is 1. The molecule has 3 aromatic heterocycles. The molecule has 0 saturated carbocycles. The van der Waals surface area contributed by atoms with Gasteiger partial charge in [-0.05, 0) is 55.0 Å². The van der Waals surface area contributed by atoms with Gasteiger partial charge < -0.3 is 14.6 Å². The Morgan fingerprint density at radius 1 is 1.02 bits per heavy atom. The average molecular weight is 555 g/mol. The first kappa shape index (κ1) is 25.3. The molecule has 0 radical (unpaired) electrons. The number of pyridine rings is 1. The molecule has 0 bridgehead atoms. The van der Waals surface area contributed by atoms with Crippen LogP contribution in [0.1, 0.15) is 33.4 Å². The van der Waals surface area contributed by atoms with Crippen molar-refractivity contribution < 1.29 is 29.0 Å². The van der Waals surface area contributed by atoms with Crippen LogP contribution in [0.2, 0.25) is 0 Å². The number of benzene rings is 2. The zero-order valence-electron chi connectivity index (χ0n) is 21.6. The number of carbonyl (C=O) groups excluding carboxylic acids is 3. The van der Waals surface area contributed by atoms with E-state index in [0.29, 0.717) is 39.4 Å². The summed E-state index contributed by atoms with van der Waals surface area (Å²) in [6.45, 7) is 1.72. The molecule has 40 heavy (non-hydrogen) atoms. The van der Waals surface area contributed by atoms with Gasteiger partial charge in [-0.1, -0.05) is 29.5 Å². The number of amides is 1. The Labute approximate surface area is 231 Å². The van der Waals surface area contributed by atoms with Gasteiger partial charge >= 0.3 is 11.9 Å². The molecule has 1 aliphatic rings. The van der Waals surface area contributed by atoms with Crippen molar-refractivity contribution in [1.29, 1.82) is 0 Å². The number of aliphatic hydroxyl groups excluding tert-OH is 1. The van der Waals surface area contributed by atoms with E-state index in [0.717, 1.165) is 4.70 Å². The van der Waals surface area contributed by atoms with Crippen molar-refractivity contribution in [1.82, 2.24) is 14.4 Å². The number of fused-ring (bicyclic) bond motifs is 2. The summed E-state index contributed by atoms with van der Waals surface area (Å²) in [5.74, 6) is -1.95. The second-order valence-electron chi connectivity index (χ2n) is 9.09. The van der Waals surface area contributed by atoms with E-state index in [-0.39, 0.29) is 16.5 Å². The number of imidazole rings is 1. The largest absolute Gasteiger partial charge is 0.505 e. The molecule has 6 rings (SSSR count). The van der Waals surface area contributed by atoms with Crippen LogP contribution in [0.15, 0.2) is 72.4 Å². The molecule has 5 aromatic rings. The van der Waals surface area contributed by atoms with E-state index in [1.54, 1.807) is 79.2 Å². The number of anilines is 1. The third-order valence-electron chi connectivity index (χ3n) is 6.81. The number of nitrogens with zero attached hydrogens (tertiary/aromatic N) is 4. The molecule has 1 fully saturated rings. The SMILES string of the molecule is COC(=O)c1ccc(C2C(=C(O)c3c(C)nc4ccccn34)C(=O)C(=O)N2c2nc3ccc(OC)cc3s2)cc1. The van der Waals surface area contributed by atoms with Gasteiger partial charge in [0.1, 0.15) is 17.1 Å². The van der Waals surface area contributed by atoms with Crippen molar-refractivity contribution >= 4 is 55.8 Å². The Morgan fingerprint density at radius 2 is 1.80 bits per heavy atom. The highest BCUT2D eigenvalue weighted by Crippen LogP contribution is 2.45. The van der Waals surface area contributed by atoms with Gasteiger partial charge in [0.25, 0.3) is 5.78 Å². The van der Waals surface area contributed by atoms with Crippen LogP contribution in [-0.4, -0.2) is 51.4 Å². The lowest BCUT2D eigenvalue weighted by Gasteiger charge is -2.23. The number of methoxy groups -OCH3 is 2. The van der Waals surface area contributed by atoms with Gasteiger partial charge in [-0.3, -0.25) is 18.9 Å². The summed E-state index contributed by atoms with van der Waals surface area (Å²) >= 11 is 1.22. The zero-order chi connectivity index (χ0) is 28.1. The Morgan fingerprint density at radius 3 is 2.52 bits per heavy atom. The second kappa shape index (κ2) is 9.62. The number of ether oxygens (including phenoxy) is 2.